The number of nitrogens with one attached hydrogen (secondary N) is 1. The number of carbonyl (C=O) groups is 1. The molecule has 0 saturated carbocycles. The number of nitrogens with zero attached hydrogens (tertiary/aromatic N) is 1. The van der Waals surface area contributed by atoms with Crippen LogP contribution in [-0.4, -0.2) is 30.5 Å². The molecule has 7 heteroatoms. The Labute approximate surface area is 104 Å². The highest BCUT2D eigenvalue weighted by molar-refractivity contribution is 5.98. The molecule has 1 amide bonds. The molecule has 1 aromatic rings. The van der Waals surface area contributed by atoms with Crippen molar-refractivity contribution < 1.29 is 14.5 Å². The maximum absolute atomic E-state index is 11.9. The van der Waals surface area contributed by atoms with E-state index in [0.29, 0.717) is 0 Å². The van der Waals surface area contributed by atoms with Crippen LogP contribution in [0.15, 0.2) is 18.2 Å². The number of rotatable bonds is 5. The number of nitrogens with two attached hydrogens (primary N) is 1. The zero-order valence-corrected chi connectivity index (χ0v) is 10.2. The molecule has 98 valence electrons. The Kier molecular flexibility index (Phi) is 4.61. The van der Waals surface area contributed by atoms with Gasteiger partial charge in [-0.1, -0.05) is 6.07 Å². The maximum atomic E-state index is 11.9. The molecule has 0 aliphatic heterocycles. The first-order valence-corrected chi connectivity index (χ1v) is 5.33. The molecule has 0 bridgehead atoms. The average Bonchev–Trinajstić information content (AvgIpc) is 2.37. The normalized spacial score (nSPS) is 11.7. The van der Waals surface area contributed by atoms with E-state index < -0.39 is 10.8 Å². The fourth-order valence-electron chi connectivity index (χ4n) is 1.42. The highest BCUT2D eigenvalue weighted by atomic mass is 16.6. The highest BCUT2D eigenvalue weighted by Gasteiger charge is 2.22. The van der Waals surface area contributed by atoms with E-state index in [2.05, 4.69) is 5.32 Å². The molecule has 0 radical (unpaired) electrons. The summed E-state index contributed by atoms with van der Waals surface area (Å²) in [5.74, 6) is -0.502. The predicted molar refractivity (Wildman–Crippen MR) is 65.6 cm³/mol. The summed E-state index contributed by atoms with van der Waals surface area (Å²) in [5.41, 5.74) is 5.27. The van der Waals surface area contributed by atoms with Crippen LogP contribution in [0.25, 0.3) is 0 Å². The molecular weight excluding hydrogens is 238 g/mol. The lowest BCUT2D eigenvalue weighted by molar-refractivity contribution is -0.385. The fraction of sp³-hybridized carbons (Fsp3) is 0.364. The van der Waals surface area contributed by atoms with Gasteiger partial charge in [0, 0.05) is 18.7 Å². The molecule has 1 atom stereocenters. The fourth-order valence-corrected chi connectivity index (χ4v) is 1.42. The molecule has 0 aromatic heterocycles. The monoisotopic (exact) mass is 253 g/mol. The summed E-state index contributed by atoms with van der Waals surface area (Å²) < 4.78 is 4.94. The third-order valence-corrected chi connectivity index (χ3v) is 2.37. The van der Waals surface area contributed by atoms with E-state index in [1.165, 1.54) is 25.3 Å². The second-order valence-electron chi connectivity index (χ2n) is 3.73. The summed E-state index contributed by atoms with van der Waals surface area (Å²) in [5, 5.41) is 13.4. The molecule has 1 unspecified atom stereocenters. The van der Waals surface area contributed by atoms with Gasteiger partial charge in [0.05, 0.1) is 17.6 Å². The molecule has 0 spiro atoms. The van der Waals surface area contributed by atoms with E-state index >= 15 is 0 Å². The van der Waals surface area contributed by atoms with Crippen LogP contribution in [0.4, 0.5) is 5.69 Å². The number of nitro groups is 1. The summed E-state index contributed by atoms with van der Waals surface area (Å²) in [6.45, 7) is 2.02. The van der Waals surface area contributed by atoms with Gasteiger partial charge >= 0.3 is 5.69 Å². The predicted octanol–water partition coefficient (Wildman–Crippen LogP) is 0.680. The summed E-state index contributed by atoms with van der Waals surface area (Å²) in [6, 6.07) is 3.95. The molecule has 0 heterocycles. The Morgan fingerprint density at radius 1 is 1.61 bits per heavy atom. The first-order chi connectivity index (χ1) is 8.51. The van der Waals surface area contributed by atoms with Crippen molar-refractivity contribution in [3.05, 3.63) is 33.9 Å². The van der Waals surface area contributed by atoms with Gasteiger partial charge in [-0.25, -0.2) is 0 Å². The van der Waals surface area contributed by atoms with Gasteiger partial charge in [0.1, 0.15) is 0 Å². The summed E-state index contributed by atoms with van der Waals surface area (Å²) >= 11 is 0. The average molecular weight is 253 g/mol. The number of amides is 1. The van der Waals surface area contributed by atoms with E-state index in [1.807, 2.05) is 0 Å². The van der Waals surface area contributed by atoms with E-state index in [4.69, 9.17) is 10.5 Å². The third-order valence-electron chi connectivity index (χ3n) is 2.37. The third kappa shape index (κ3) is 2.95. The van der Waals surface area contributed by atoms with Crippen LogP contribution >= 0.6 is 0 Å². The first-order valence-electron chi connectivity index (χ1n) is 5.33. The molecule has 1 rings (SSSR count). The SMILES string of the molecule is COc1c(C(=O)NC(C)CN)cccc1[N+](=O)[O-]. The van der Waals surface area contributed by atoms with Crippen molar-refractivity contribution in [3.8, 4) is 5.75 Å². The molecule has 7 nitrogen and oxygen atoms in total. The topological polar surface area (TPSA) is 107 Å². The van der Waals surface area contributed by atoms with E-state index in [1.54, 1.807) is 6.92 Å². The van der Waals surface area contributed by atoms with Gasteiger partial charge in [0.15, 0.2) is 0 Å². The van der Waals surface area contributed by atoms with Crippen LogP contribution in [0.3, 0.4) is 0 Å². The lowest BCUT2D eigenvalue weighted by Gasteiger charge is -2.13. The number of methoxy groups -OCH3 is 1. The zero-order valence-electron chi connectivity index (χ0n) is 10.2. The molecule has 0 fully saturated rings. The van der Waals surface area contributed by atoms with Crippen molar-refractivity contribution in [1.29, 1.82) is 0 Å². The van der Waals surface area contributed by atoms with Gasteiger partial charge < -0.3 is 15.8 Å². The second-order valence-corrected chi connectivity index (χ2v) is 3.73. The van der Waals surface area contributed by atoms with E-state index in [9.17, 15) is 14.9 Å². The lowest BCUT2D eigenvalue weighted by Crippen LogP contribution is -2.37. The largest absolute Gasteiger partial charge is 0.490 e. The van der Waals surface area contributed by atoms with Crippen LogP contribution < -0.4 is 15.8 Å². The smallest absolute Gasteiger partial charge is 0.311 e. The number of carbonyl (C=O) groups excluding carboxylic acids is 1. The second kappa shape index (κ2) is 5.97. The number of para-hydroxylation sites is 1. The Bertz CT molecular complexity index is 462. The van der Waals surface area contributed by atoms with Crippen LogP contribution in [-0.2, 0) is 0 Å². The molecule has 0 aliphatic carbocycles. The van der Waals surface area contributed by atoms with Crippen LogP contribution in [0, 0.1) is 10.1 Å². The number of benzene rings is 1. The van der Waals surface area contributed by atoms with Gasteiger partial charge in [0.2, 0.25) is 5.75 Å². The van der Waals surface area contributed by atoms with Gasteiger partial charge in [-0.2, -0.15) is 0 Å². The van der Waals surface area contributed by atoms with Crippen molar-refractivity contribution in [2.45, 2.75) is 13.0 Å². The molecule has 0 saturated heterocycles. The molecule has 18 heavy (non-hydrogen) atoms. The van der Waals surface area contributed by atoms with Crippen LogP contribution in [0.1, 0.15) is 17.3 Å². The number of hydrogen-bond donors (Lipinski definition) is 2. The van der Waals surface area contributed by atoms with Gasteiger partial charge in [0.25, 0.3) is 5.91 Å². The minimum atomic E-state index is -0.595. The summed E-state index contributed by atoms with van der Waals surface area (Å²) in [7, 11) is 1.28. The van der Waals surface area contributed by atoms with Crippen molar-refractivity contribution in [2.75, 3.05) is 13.7 Å². The molecule has 1 aromatic carbocycles. The number of nitro benzene ring substituents is 1. The van der Waals surface area contributed by atoms with Crippen LogP contribution in [0.5, 0.6) is 5.75 Å². The van der Waals surface area contributed by atoms with Crippen molar-refractivity contribution in [3.63, 3.8) is 0 Å². The van der Waals surface area contributed by atoms with E-state index in [-0.39, 0.29) is 29.6 Å². The summed E-state index contributed by atoms with van der Waals surface area (Å²) in [6.07, 6.45) is 0. The number of ether oxygens (including phenoxy) is 1. The maximum Gasteiger partial charge on any atom is 0.311 e. The number of hydrogen-bond acceptors (Lipinski definition) is 5. The van der Waals surface area contributed by atoms with Crippen molar-refractivity contribution in [2.24, 2.45) is 5.73 Å². The van der Waals surface area contributed by atoms with Gasteiger partial charge in [-0.3, -0.25) is 14.9 Å². The van der Waals surface area contributed by atoms with E-state index in [0.717, 1.165) is 0 Å². The lowest BCUT2D eigenvalue weighted by atomic mass is 10.1. The Morgan fingerprint density at radius 3 is 2.78 bits per heavy atom. The van der Waals surface area contributed by atoms with Gasteiger partial charge in [-0.15, -0.1) is 0 Å². The Balaban J connectivity index is 3.12. The summed E-state index contributed by atoms with van der Waals surface area (Å²) in [4.78, 5) is 22.1. The Hall–Kier alpha value is -2.15. The molecular formula is C11H15N3O4. The zero-order chi connectivity index (χ0) is 13.7. The van der Waals surface area contributed by atoms with Crippen LogP contribution in [0.2, 0.25) is 0 Å². The first kappa shape index (κ1) is 13.9. The minimum absolute atomic E-state index is 0.0516. The van der Waals surface area contributed by atoms with Gasteiger partial charge in [-0.05, 0) is 13.0 Å². The molecule has 0 aliphatic rings. The Morgan fingerprint density at radius 2 is 2.28 bits per heavy atom. The van der Waals surface area contributed by atoms with Crippen molar-refractivity contribution >= 4 is 11.6 Å². The minimum Gasteiger partial charge on any atom is -0.490 e. The van der Waals surface area contributed by atoms with Crippen molar-refractivity contribution in [1.82, 2.24) is 5.32 Å². The standard InChI is InChI=1S/C11H15N3O4/c1-7(6-12)13-11(15)8-4-3-5-9(14(16)17)10(8)18-2/h3-5,7H,6,12H2,1-2H3,(H,13,15). The molecule has 3 N–H and O–H groups in total. The quantitative estimate of drug-likeness (QED) is 0.592. The highest BCUT2D eigenvalue weighted by Crippen LogP contribution is 2.30.